The second-order valence-corrected chi connectivity index (χ2v) is 6.33. The number of likely N-dealkylation sites (N-methyl/N-ethyl adjacent to an activating group) is 1. The van der Waals surface area contributed by atoms with Crippen LogP contribution in [0.15, 0.2) is 24.3 Å². The van der Waals surface area contributed by atoms with Crippen LogP contribution in [0.3, 0.4) is 0 Å². The molecule has 0 saturated carbocycles. The molecule has 0 radical (unpaired) electrons. The van der Waals surface area contributed by atoms with Crippen molar-refractivity contribution in [1.82, 2.24) is 9.80 Å². The van der Waals surface area contributed by atoms with Gasteiger partial charge in [-0.25, -0.2) is 4.79 Å². The number of urea groups is 1. The Morgan fingerprint density at radius 3 is 2.65 bits per heavy atom. The number of carbonyl (C=O) groups excluding carboxylic acids is 1. The van der Waals surface area contributed by atoms with Crippen LogP contribution in [0.2, 0.25) is 0 Å². The predicted octanol–water partition coefficient (Wildman–Crippen LogP) is 3.26. The van der Waals surface area contributed by atoms with Gasteiger partial charge in [-0.2, -0.15) is 13.2 Å². The number of carbonyl (C=O) groups is 1. The molecule has 2 fully saturated rings. The van der Waals surface area contributed by atoms with Crippen LogP contribution in [0.25, 0.3) is 0 Å². The van der Waals surface area contributed by atoms with Gasteiger partial charge < -0.3 is 15.1 Å². The zero-order valence-electron chi connectivity index (χ0n) is 12.9. The average molecular weight is 327 g/mol. The van der Waals surface area contributed by atoms with Crippen molar-refractivity contribution in [2.45, 2.75) is 25.1 Å². The van der Waals surface area contributed by atoms with E-state index in [0.29, 0.717) is 12.5 Å². The fourth-order valence-electron chi connectivity index (χ4n) is 3.58. The maximum absolute atomic E-state index is 13.0. The van der Waals surface area contributed by atoms with Crippen molar-refractivity contribution in [3.05, 3.63) is 29.8 Å². The van der Waals surface area contributed by atoms with Crippen LogP contribution in [0, 0.1) is 5.92 Å². The van der Waals surface area contributed by atoms with Gasteiger partial charge in [-0.05, 0) is 44.5 Å². The van der Waals surface area contributed by atoms with E-state index in [1.165, 1.54) is 18.2 Å². The molecule has 0 aliphatic carbocycles. The summed E-state index contributed by atoms with van der Waals surface area (Å²) in [6.45, 7) is 2.38. The number of nitrogens with one attached hydrogen (secondary N) is 1. The number of fused-ring (bicyclic) bond motifs is 1. The Morgan fingerprint density at radius 2 is 1.91 bits per heavy atom. The van der Waals surface area contributed by atoms with Gasteiger partial charge >= 0.3 is 12.2 Å². The number of halogens is 3. The summed E-state index contributed by atoms with van der Waals surface area (Å²) in [5, 5.41) is 2.46. The van der Waals surface area contributed by atoms with Gasteiger partial charge in [-0.1, -0.05) is 12.1 Å². The summed E-state index contributed by atoms with van der Waals surface area (Å²) in [6, 6.07) is 4.74. The van der Waals surface area contributed by atoms with Gasteiger partial charge in [0.05, 0.1) is 11.3 Å². The highest BCUT2D eigenvalue weighted by molar-refractivity contribution is 5.90. The Labute approximate surface area is 133 Å². The molecule has 3 rings (SSSR count). The summed E-state index contributed by atoms with van der Waals surface area (Å²) in [7, 11) is 2.00. The van der Waals surface area contributed by atoms with Gasteiger partial charge in [0.15, 0.2) is 0 Å². The third-order valence-corrected chi connectivity index (χ3v) is 4.80. The zero-order chi connectivity index (χ0) is 16.6. The topological polar surface area (TPSA) is 35.6 Å². The molecular formula is C16H20F3N3O. The van der Waals surface area contributed by atoms with Crippen molar-refractivity contribution >= 4 is 11.7 Å². The molecule has 2 saturated heterocycles. The fourth-order valence-corrected chi connectivity index (χ4v) is 3.58. The highest BCUT2D eigenvalue weighted by Crippen LogP contribution is 2.36. The summed E-state index contributed by atoms with van der Waals surface area (Å²) in [4.78, 5) is 16.3. The smallest absolute Gasteiger partial charge is 0.320 e. The summed E-state index contributed by atoms with van der Waals surface area (Å²) in [6.07, 6.45) is -2.53. The number of benzene rings is 1. The van der Waals surface area contributed by atoms with E-state index in [-0.39, 0.29) is 11.7 Å². The number of amides is 2. The number of anilines is 1. The summed E-state index contributed by atoms with van der Waals surface area (Å²) < 4.78 is 39.1. The number of rotatable bonds is 1. The molecule has 0 aromatic heterocycles. The second-order valence-electron chi connectivity index (χ2n) is 6.33. The van der Waals surface area contributed by atoms with Crippen molar-refractivity contribution < 1.29 is 18.0 Å². The number of hydrogen-bond acceptors (Lipinski definition) is 2. The molecule has 2 amide bonds. The van der Waals surface area contributed by atoms with Crippen molar-refractivity contribution in [2.24, 2.45) is 5.92 Å². The standard InChI is InChI=1S/C16H20F3N3O/c1-21-8-6-11-7-9-22(14(11)10-21)15(23)20-13-5-3-2-4-12(13)16(17,18)19/h2-5,11,14H,6-10H2,1H3,(H,20,23)/t11-,14-/m0/s1. The van der Waals surface area contributed by atoms with E-state index in [2.05, 4.69) is 10.2 Å². The van der Waals surface area contributed by atoms with E-state index < -0.39 is 17.8 Å². The van der Waals surface area contributed by atoms with Crippen molar-refractivity contribution in [2.75, 3.05) is 32.0 Å². The predicted molar refractivity (Wildman–Crippen MR) is 81.2 cm³/mol. The lowest BCUT2D eigenvalue weighted by molar-refractivity contribution is -0.136. The first-order valence-electron chi connectivity index (χ1n) is 7.78. The number of alkyl halides is 3. The molecule has 126 valence electrons. The minimum Gasteiger partial charge on any atom is -0.320 e. The number of piperidine rings is 1. The number of hydrogen-bond donors (Lipinski definition) is 1. The first kappa shape index (κ1) is 16.1. The summed E-state index contributed by atoms with van der Waals surface area (Å²) >= 11 is 0. The first-order chi connectivity index (χ1) is 10.9. The van der Waals surface area contributed by atoms with Crippen molar-refractivity contribution in [3.8, 4) is 0 Å². The van der Waals surface area contributed by atoms with Gasteiger partial charge in [-0.3, -0.25) is 0 Å². The van der Waals surface area contributed by atoms with Gasteiger partial charge in [0.2, 0.25) is 0 Å². The Bertz CT molecular complexity index is 590. The summed E-state index contributed by atoms with van der Waals surface area (Å²) in [5.74, 6) is 0.454. The molecule has 23 heavy (non-hydrogen) atoms. The van der Waals surface area contributed by atoms with Crippen LogP contribution in [-0.4, -0.2) is 48.6 Å². The van der Waals surface area contributed by atoms with E-state index in [0.717, 1.165) is 32.0 Å². The van der Waals surface area contributed by atoms with Crippen LogP contribution in [0.1, 0.15) is 18.4 Å². The monoisotopic (exact) mass is 327 g/mol. The Balaban J connectivity index is 1.75. The molecule has 0 unspecified atom stereocenters. The largest absolute Gasteiger partial charge is 0.418 e. The maximum Gasteiger partial charge on any atom is 0.418 e. The lowest BCUT2D eigenvalue weighted by Gasteiger charge is -2.36. The van der Waals surface area contributed by atoms with E-state index in [9.17, 15) is 18.0 Å². The van der Waals surface area contributed by atoms with Gasteiger partial charge in [0.1, 0.15) is 0 Å². The fraction of sp³-hybridized carbons (Fsp3) is 0.562. The lowest BCUT2D eigenvalue weighted by atomic mass is 9.92. The minimum atomic E-state index is -4.48. The molecule has 0 spiro atoms. The molecule has 2 aliphatic heterocycles. The first-order valence-corrected chi connectivity index (χ1v) is 7.78. The molecule has 2 heterocycles. The third-order valence-electron chi connectivity index (χ3n) is 4.80. The van der Waals surface area contributed by atoms with Crippen LogP contribution in [-0.2, 0) is 6.18 Å². The normalized spacial score (nSPS) is 25.3. The molecule has 7 heteroatoms. The molecule has 1 aromatic rings. The van der Waals surface area contributed by atoms with E-state index >= 15 is 0 Å². The third kappa shape index (κ3) is 3.29. The quantitative estimate of drug-likeness (QED) is 0.859. The van der Waals surface area contributed by atoms with Crippen molar-refractivity contribution in [1.29, 1.82) is 0 Å². The van der Waals surface area contributed by atoms with Gasteiger partial charge in [0.25, 0.3) is 0 Å². The molecule has 1 aromatic carbocycles. The SMILES string of the molecule is CN1CC[C@H]2CCN(C(=O)Nc3ccccc3C(F)(F)F)[C@H]2C1. The Kier molecular flexibility index (Phi) is 4.23. The highest BCUT2D eigenvalue weighted by Gasteiger charge is 2.40. The molecular weight excluding hydrogens is 307 g/mol. The number of para-hydroxylation sites is 1. The summed E-state index contributed by atoms with van der Waals surface area (Å²) in [5.41, 5.74) is -0.998. The molecule has 2 aliphatic rings. The van der Waals surface area contributed by atoms with E-state index in [1.54, 1.807) is 4.90 Å². The molecule has 2 atom stereocenters. The highest BCUT2D eigenvalue weighted by atomic mass is 19.4. The molecule has 1 N–H and O–H groups in total. The van der Waals surface area contributed by atoms with Crippen molar-refractivity contribution in [3.63, 3.8) is 0 Å². The molecule has 4 nitrogen and oxygen atoms in total. The number of nitrogens with zero attached hydrogens (tertiary/aromatic N) is 2. The maximum atomic E-state index is 13.0. The second kappa shape index (κ2) is 6.03. The minimum absolute atomic E-state index is 0.0896. The number of likely N-dealkylation sites (tertiary alicyclic amines) is 2. The van der Waals surface area contributed by atoms with Crippen LogP contribution in [0.5, 0.6) is 0 Å². The van der Waals surface area contributed by atoms with Crippen LogP contribution < -0.4 is 5.32 Å². The lowest BCUT2D eigenvalue weighted by Crippen LogP contribution is -2.49. The zero-order valence-corrected chi connectivity index (χ0v) is 12.9. The van der Waals surface area contributed by atoms with Crippen LogP contribution in [0.4, 0.5) is 23.7 Å². The Morgan fingerprint density at radius 1 is 1.22 bits per heavy atom. The Hall–Kier alpha value is -1.76. The van der Waals surface area contributed by atoms with E-state index in [1.807, 2.05) is 7.05 Å². The molecule has 0 bridgehead atoms. The average Bonchev–Trinajstić information content (AvgIpc) is 2.89. The van der Waals surface area contributed by atoms with E-state index in [4.69, 9.17) is 0 Å². The van der Waals surface area contributed by atoms with Gasteiger partial charge in [0, 0.05) is 19.1 Å². The van der Waals surface area contributed by atoms with Crippen LogP contribution >= 0.6 is 0 Å². The van der Waals surface area contributed by atoms with Gasteiger partial charge in [-0.15, -0.1) is 0 Å².